The molecule has 0 N–H and O–H groups in total. The fourth-order valence-corrected chi connectivity index (χ4v) is 6.06. The van der Waals surface area contributed by atoms with Crippen LogP contribution in [0.5, 0.6) is 0 Å². The van der Waals surface area contributed by atoms with Gasteiger partial charge in [0.25, 0.3) is 0 Å². The Morgan fingerprint density at radius 3 is 2.21 bits per heavy atom. The minimum atomic E-state index is -2.97. The molecule has 3 fully saturated rings. The van der Waals surface area contributed by atoms with Crippen LogP contribution in [0.15, 0.2) is 0 Å². The summed E-state index contributed by atoms with van der Waals surface area (Å²) in [5.74, 6) is -0.00896. The quantitative estimate of drug-likeness (QED) is 0.777. The van der Waals surface area contributed by atoms with Crippen molar-refractivity contribution in [3.05, 3.63) is 0 Å². The van der Waals surface area contributed by atoms with Gasteiger partial charge in [0, 0.05) is 5.92 Å². The molecule has 3 aliphatic rings. The lowest BCUT2D eigenvalue weighted by atomic mass is 9.85. The molecule has 0 aromatic heterocycles. The Hall–Kier alpha value is -0.460. The fourth-order valence-electron chi connectivity index (χ4n) is 3.53. The number of carbonyl (C=O) groups is 1. The highest BCUT2D eigenvalue weighted by Gasteiger charge is 2.46. The first kappa shape index (κ1) is 13.5. The van der Waals surface area contributed by atoms with Crippen molar-refractivity contribution in [3.63, 3.8) is 0 Å². The van der Waals surface area contributed by atoms with Gasteiger partial charge in [0.1, 0.15) is 5.78 Å². The van der Waals surface area contributed by atoms with Crippen LogP contribution in [-0.4, -0.2) is 44.2 Å². The molecule has 0 amide bonds. The summed E-state index contributed by atoms with van der Waals surface area (Å²) in [7, 11) is -2.97. The molecule has 2 unspecified atom stereocenters. The van der Waals surface area contributed by atoms with Crippen LogP contribution < -0.4 is 0 Å². The lowest BCUT2D eigenvalue weighted by Crippen LogP contribution is -2.45. The Morgan fingerprint density at radius 1 is 1.05 bits per heavy atom. The standard InChI is InChI=1S/C13H20O5S/c14-12(8-13-17-4-5-18-13)9-6-10-2-1-3-11(7-9)19(10,15)16/h9-11,13H,1-8H2. The summed E-state index contributed by atoms with van der Waals surface area (Å²) in [6, 6.07) is 0. The predicted molar refractivity (Wildman–Crippen MR) is 68.4 cm³/mol. The van der Waals surface area contributed by atoms with Gasteiger partial charge in [0.15, 0.2) is 16.1 Å². The number of hydrogen-bond acceptors (Lipinski definition) is 5. The summed E-state index contributed by atoms with van der Waals surface area (Å²) in [4.78, 5) is 12.2. The van der Waals surface area contributed by atoms with Gasteiger partial charge < -0.3 is 9.47 Å². The van der Waals surface area contributed by atoms with Crippen LogP contribution in [0.1, 0.15) is 38.5 Å². The minimum Gasteiger partial charge on any atom is -0.350 e. The molecule has 3 rings (SSSR count). The van der Waals surface area contributed by atoms with E-state index in [0.717, 1.165) is 19.3 Å². The average Bonchev–Trinajstić information content (AvgIpc) is 2.79. The first-order valence-corrected chi connectivity index (χ1v) is 8.67. The Labute approximate surface area is 113 Å². The van der Waals surface area contributed by atoms with Gasteiger partial charge in [-0.3, -0.25) is 4.79 Å². The molecule has 0 saturated carbocycles. The number of ether oxygens (including phenoxy) is 2. The molecule has 3 heterocycles. The van der Waals surface area contributed by atoms with Crippen molar-refractivity contribution in [2.24, 2.45) is 5.92 Å². The fraction of sp³-hybridized carbons (Fsp3) is 0.923. The Balaban J connectivity index is 1.65. The summed E-state index contributed by atoms with van der Waals surface area (Å²) in [5, 5.41) is -0.585. The Bertz CT molecular complexity index is 432. The first-order valence-electron chi connectivity index (χ1n) is 7.06. The van der Waals surface area contributed by atoms with Crippen molar-refractivity contribution in [1.29, 1.82) is 0 Å². The third-order valence-electron chi connectivity index (χ3n) is 4.59. The van der Waals surface area contributed by atoms with Crippen LogP contribution in [0, 0.1) is 5.92 Å². The zero-order chi connectivity index (χ0) is 13.5. The monoisotopic (exact) mass is 288 g/mol. The van der Waals surface area contributed by atoms with Crippen molar-refractivity contribution in [2.75, 3.05) is 13.2 Å². The maximum atomic E-state index is 12.2. The van der Waals surface area contributed by atoms with Gasteiger partial charge in [-0.15, -0.1) is 0 Å². The number of sulfone groups is 1. The van der Waals surface area contributed by atoms with Gasteiger partial charge in [0.05, 0.1) is 30.1 Å². The van der Waals surface area contributed by atoms with Crippen molar-refractivity contribution in [3.8, 4) is 0 Å². The largest absolute Gasteiger partial charge is 0.350 e. The van der Waals surface area contributed by atoms with Crippen LogP contribution in [0.25, 0.3) is 0 Å². The molecular weight excluding hydrogens is 268 g/mol. The Kier molecular flexibility index (Phi) is 3.66. The predicted octanol–water partition coefficient (Wildman–Crippen LogP) is 1.06. The summed E-state index contributed by atoms with van der Waals surface area (Å²) < 4.78 is 34.9. The van der Waals surface area contributed by atoms with E-state index in [4.69, 9.17) is 9.47 Å². The molecule has 3 saturated heterocycles. The maximum Gasteiger partial charge on any atom is 0.164 e. The molecule has 2 atom stereocenters. The summed E-state index contributed by atoms with van der Waals surface area (Å²) >= 11 is 0. The van der Waals surface area contributed by atoms with E-state index in [-0.39, 0.29) is 28.6 Å². The van der Waals surface area contributed by atoms with Gasteiger partial charge in [0.2, 0.25) is 0 Å². The number of carbonyl (C=O) groups excluding carboxylic acids is 1. The van der Waals surface area contributed by atoms with Crippen molar-refractivity contribution in [1.82, 2.24) is 0 Å². The molecule has 0 aliphatic carbocycles. The highest BCUT2D eigenvalue weighted by Crippen LogP contribution is 2.40. The topological polar surface area (TPSA) is 69.7 Å². The number of fused-ring (bicyclic) bond motifs is 2. The third-order valence-corrected chi connectivity index (χ3v) is 7.31. The molecule has 108 valence electrons. The van der Waals surface area contributed by atoms with E-state index in [0.29, 0.717) is 26.1 Å². The highest BCUT2D eigenvalue weighted by atomic mass is 32.2. The highest BCUT2D eigenvalue weighted by molar-refractivity contribution is 7.92. The molecule has 0 radical (unpaired) electrons. The molecule has 19 heavy (non-hydrogen) atoms. The van der Waals surface area contributed by atoms with E-state index < -0.39 is 16.1 Å². The Morgan fingerprint density at radius 2 is 1.63 bits per heavy atom. The zero-order valence-corrected chi connectivity index (χ0v) is 11.7. The van der Waals surface area contributed by atoms with Gasteiger partial charge in [-0.25, -0.2) is 8.42 Å². The molecule has 0 aromatic carbocycles. The number of hydrogen-bond donors (Lipinski definition) is 0. The molecule has 0 spiro atoms. The molecule has 3 aliphatic heterocycles. The molecule has 0 aromatic rings. The van der Waals surface area contributed by atoms with Crippen LogP contribution in [0.2, 0.25) is 0 Å². The number of rotatable bonds is 3. The smallest absolute Gasteiger partial charge is 0.164 e. The van der Waals surface area contributed by atoms with E-state index in [2.05, 4.69) is 0 Å². The second-order valence-electron chi connectivity index (χ2n) is 5.77. The maximum absolute atomic E-state index is 12.2. The van der Waals surface area contributed by atoms with E-state index >= 15 is 0 Å². The minimum absolute atomic E-state index is 0.110. The molecular formula is C13H20O5S. The lowest BCUT2D eigenvalue weighted by molar-refractivity contribution is -0.131. The van der Waals surface area contributed by atoms with Gasteiger partial charge >= 0.3 is 0 Å². The average molecular weight is 288 g/mol. The van der Waals surface area contributed by atoms with E-state index in [9.17, 15) is 13.2 Å². The molecule has 5 nitrogen and oxygen atoms in total. The van der Waals surface area contributed by atoms with Gasteiger partial charge in [-0.2, -0.15) is 0 Å². The summed E-state index contributed by atoms with van der Waals surface area (Å²) in [6.07, 6.45) is 3.28. The normalized spacial score (nSPS) is 38.2. The van der Waals surface area contributed by atoms with Crippen LogP contribution in [0.3, 0.4) is 0 Å². The third kappa shape index (κ3) is 2.58. The SMILES string of the molecule is O=C(CC1OCCO1)C1CC2CCCC(C1)S2(=O)=O. The van der Waals surface area contributed by atoms with E-state index in [1.165, 1.54) is 0 Å². The van der Waals surface area contributed by atoms with Gasteiger partial charge in [-0.05, 0) is 25.7 Å². The number of ketones is 1. The second-order valence-corrected chi connectivity index (χ2v) is 8.29. The first-order chi connectivity index (χ1) is 9.07. The van der Waals surface area contributed by atoms with Crippen LogP contribution in [-0.2, 0) is 24.1 Å². The summed E-state index contributed by atoms with van der Waals surface area (Å²) in [5.41, 5.74) is 0. The second kappa shape index (κ2) is 5.14. The lowest BCUT2D eigenvalue weighted by Gasteiger charge is -2.38. The van der Waals surface area contributed by atoms with Crippen LogP contribution in [0.4, 0.5) is 0 Å². The van der Waals surface area contributed by atoms with Crippen molar-refractivity contribution in [2.45, 2.75) is 55.3 Å². The van der Waals surface area contributed by atoms with Crippen molar-refractivity contribution >= 4 is 15.6 Å². The molecule has 6 heteroatoms. The summed E-state index contributed by atoms with van der Waals surface area (Å²) in [6.45, 7) is 1.09. The van der Waals surface area contributed by atoms with Crippen molar-refractivity contribution < 1.29 is 22.7 Å². The van der Waals surface area contributed by atoms with Gasteiger partial charge in [-0.1, -0.05) is 6.42 Å². The molecule has 2 bridgehead atoms. The zero-order valence-electron chi connectivity index (χ0n) is 10.9. The number of Topliss-reactive ketones (excluding diaryl/α,β-unsaturated/α-hetero) is 1. The van der Waals surface area contributed by atoms with Crippen LogP contribution >= 0.6 is 0 Å². The van der Waals surface area contributed by atoms with E-state index in [1.807, 2.05) is 0 Å². The van der Waals surface area contributed by atoms with E-state index in [1.54, 1.807) is 0 Å².